The van der Waals surface area contributed by atoms with E-state index >= 15 is 0 Å². The molecule has 0 bridgehead atoms. The predicted molar refractivity (Wildman–Crippen MR) is 85.9 cm³/mol. The maximum atomic E-state index is 3.71. The van der Waals surface area contributed by atoms with Crippen LogP contribution in [0.25, 0.3) is 0 Å². The molecule has 1 rings (SSSR count). The van der Waals surface area contributed by atoms with Crippen LogP contribution in [0.5, 0.6) is 0 Å². The fraction of sp³-hybridized carbons (Fsp3) is 0.333. The highest BCUT2D eigenvalue weighted by Gasteiger charge is 1.93. The van der Waals surface area contributed by atoms with Gasteiger partial charge >= 0.3 is 0 Å². The Morgan fingerprint density at radius 1 is 1.06 bits per heavy atom. The molecule has 1 aromatic rings. The minimum Gasteiger partial charge on any atom is -0.0991 e. The Labute approximate surface area is 114 Å². The first-order valence-corrected chi connectivity index (χ1v) is 6.85. The van der Waals surface area contributed by atoms with Gasteiger partial charge in [-0.25, -0.2) is 0 Å². The Morgan fingerprint density at radius 3 is 2.06 bits per heavy atom. The Hall–Kier alpha value is -1.56. The van der Waals surface area contributed by atoms with E-state index in [1.54, 1.807) is 0 Å². The lowest BCUT2D eigenvalue weighted by Crippen LogP contribution is -1.86. The summed E-state index contributed by atoms with van der Waals surface area (Å²) in [5.41, 5.74) is 2.62. The van der Waals surface area contributed by atoms with Gasteiger partial charge in [0.1, 0.15) is 0 Å². The second kappa shape index (κ2) is 15.4. The smallest absolute Gasteiger partial charge is 0.00259 e. The van der Waals surface area contributed by atoms with Crippen LogP contribution in [0.1, 0.15) is 40.2 Å². The van der Waals surface area contributed by atoms with Gasteiger partial charge in [0.25, 0.3) is 0 Å². The average molecular weight is 244 g/mol. The van der Waals surface area contributed by atoms with Crippen molar-refractivity contribution in [2.45, 2.75) is 41.0 Å². The number of benzene rings is 1. The molecule has 0 unspecified atom stereocenters. The van der Waals surface area contributed by atoms with Gasteiger partial charge in [-0.05, 0) is 24.5 Å². The van der Waals surface area contributed by atoms with Gasteiger partial charge in [-0.2, -0.15) is 0 Å². The molecule has 0 N–H and O–H groups in total. The number of allylic oxidation sites excluding steroid dienone is 5. The summed E-state index contributed by atoms with van der Waals surface area (Å²) >= 11 is 0. The summed E-state index contributed by atoms with van der Waals surface area (Å²) in [6, 6.07) is 10.4. The van der Waals surface area contributed by atoms with Gasteiger partial charge in [-0.3, -0.25) is 0 Å². The second-order valence-electron chi connectivity index (χ2n) is 3.14. The molecular weight excluding hydrogens is 216 g/mol. The van der Waals surface area contributed by atoms with Crippen LogP contribution < -0.4 is 0 Å². The Morgan fingerprint density at radius 2 is 1.61 bits per heavy atom. The van der Waals surface area contributed by atoms with Gasteiger partial charge in [0.15, 0.2) is 0 Å². The lowest BCUT2D eigenvalue weighted by molar-refractivity contribution is 1.19. The molecule has 0 atom stereocenters. The summed E-state index contributed by atoms with van der Waals surface area (Å²) < 4.78 is 0. The standard InChI is InChI=1S/C14H16.2C2H6/c1-3-8-13(9-4-2)12-14-10-6-5-7-11-14;2*1-2/h3-11H,1,12H2,2H3;2*1-2H3/b9-4-,13-8+;;. The monoisotopic (exact) mass is 244 g/mol. The van der Waals surface area contributed by atoms with Crippen molar-refractivity contribution in [1.82, 2.24) is 0 Å². The van der Waals surface area contributed by atoms with Gasteiger partial charge in [0.2, 0.25) is 0 Å². The molecule has 0 spiro atoms. The van der Waals surface area contributed by atoms with Crippen LogP contribution in [0.2, 0.25) is 0 Å². The highest BCUT2D eigenvalue weighted by Crippen LogP contribution is 2.09. The van der Waals surface area contributed by atoms with Crippen LogP contribution in [-0.4, -0.2) is 0 Å². The molecule has 1 aromatic carbocycles. The van der Waals surface area contributed by atoms with E-state index in [9.17, 15) is 0 Å². The third-order valence-electron chi connectivity index (χ3n) is 1.96. The summed E-state index contributed by atoms with van der Waals surface area (Å²) in [4.78, 5) is 0. The van der Waals surface area contributed by atoms with Crippen molar-refractivity contribution in [1.29, 1.82) is 0 Å². The topological polar surface area (TPSA) is 0 Å². The van der Waals surface area contributed by atoms with E-state index < -0.39 is 0 Å². The van der Waals surface area contributed by atoms with Crippen LogP contribution in [0, 0.1) is 0 Å². The SMILES string of the molecule is C=C/C=C(\C=C/C)Cc1ccccc1.CC.CC. The Bertz CT molecular complexity index is 328. The quantitative estimate of drug-likeness (QED) is 0.572. The number of hydrogen-bond donors (Lipinski definition) is 0. The van der Waals surface area contributed by atoms with E-state index in [2.05, 4.69) is 43.0 Å². The molecule has 0 saturated heterocycles. The lowest BCUT2D eigenvalue weighted by Gasteiger charge is -2.01. The van der Waals surface area contributed by atoms with E-state index in [-0.39, 0.29) is 0 Å². The van der Waals surface area contributed by atoms with Crippen molar-refractivity contribution >= 4 is 0 Å². The second-order valence-corrected chi connectivity index (χ2v) is 3.14. The maximum Gasteiger partial charge on any atom is -0.00259 e. The highest BCUT2D eigenvalue weighted by molar-refractivity contribution is 5.30. The molecule has 0 heteroatoms. The first-order chi connectivity index (χ1) is 8.86. The molecule has 0 radical (unpaired) electrons. The van der Waals surface area contributed by atoms with Gasteiger partial charge in [-0.15, -0.1) is 0 Å². The largest absolute Gasteiger partial charge is 0.0991 e. The van der Waals surface area contributed by atoms with Crippen LogP contribution >= 0.6 is 0 Å². The molecular formula is C18H28. The van der Waals surface area contributed by atoms with Crippen molar-refractivity contribution < 1.29 is 0 Å². The molecule has 0 aliphatic heterocycles. The zero-order valence-electron chi connectivity index (χ0n) is 12.6. The average Bonchev–Trinajstić information content (AvgIpc) is 2.45. The van der Waals surface area contributed by atoms with Gasteiger partial charge in [-0.1, -0.05) is 88.9 Å². The fourth-order valence-corrected chi connectivity index (χ4v) is 1.37. The van der Waals surface area contributed by atoms with Crippen LogP contribution in [0.4, 0.5) is 0 Å². The maximum absolute atomic E-state index is 3.71. The van der Waals surface area contributed by atoms with Crippen LogP contribution in [0.3, 0.4) is 0 Å². The first-order valence-electron chi connectivity index (χ1n) is 6.85. The van der Waals surface area contributed by atoms with Gasteiger partial charge in [0, 0.05) is 0 Å². The van der Waals surface area contributed by atoms with Gasteiger partial charge in [0.05, 0.1) is 0 Å². The third-order valence-corrected chi connectivity index (χ3v) is 1.96. The molecule has 0 aliphatic rings. The molecule has 0 fully saturated rings. The molecule has 0 amide bonds. The van der Waals surface area contributed by atoms with E-state index in [0.717, 1.165) is 6.42 Å². The molecule has 0 aliphatic carbocycles. The van der Waals surface area contributed by atoms with E-state index in [1.807, 2.05) is 52.8 Å². The van der Waals surface area contributed by atoms with Gasteiger partial charge < -0.3 is 0 Å². The fourth-order valence-electron chi connectivity index (χ4n) is 1.37. The van der Waals surface area contributed by atoms with Crippen LogP contribution in [-0.2, 0) is 6.42 Å². The summed E-state index contributed by atoms with van der Waals surface area (Å²) in [6.07, 6.45) is 9.02. The lowest BCUT2D eigenvalue weighted by atomic mass is 10.0. The van der Waals surface area contributed by atoms with Crippen molar-refractivity contribution in [3.05, 3.63) is 72.4 Å². The van der Waals surface area contributed by atoms with Crippen LogP contribution in [0.15, 0.2) is 66.8 Å². The summed E-state index contributed by atoms with van der Waals surface area (Å²) in [5.74, 6) is 0. The minimum absolute atomic E-state index is 0.969. The van der Waals surface area contributed by atoms with Crippen molar-refractivity contribution in [2.75, 3.05) is 0 Å². The minimum atomic E-state index is 0.969. The van der Waals surface area contributed by atoms with Crippen molar-refractivity contribution in [3.63, 3.8) is 0 Å². The zero-order valence-corrected chi connectivity index (χ0v) is 12.6. The summed E-state index contributed by atoms with van der Waals surface area (Å²) in [7, 11) is 0. The molecule has 0 heterocycles. The predicted octanol–water partition coefficient (Wildman–Crippen LogP) is 5.97. The molecule has 0 aromatic heterocycles. The van der Waals surface area contributed by atoms with Crippen molar-refractivity contribution in [2.24, 2.45) is 0 Å². The van der Waals surface area contributed by atoms with E-state index in [1.165, 1.54) is 11.1 Å². The van der Waals surface area contributed by atoms with Crippen molar-refractivity contribution in [3.8, 4) is 0 Å². The molecule has 18 heavy (non-hydrogen) atoms. The molecule has 0 nitrogen and oxygen atoms in total. The number of hydrogen-bond acceptors (Lipinski definition) is 0. The third kappa shape index (κ3) is 9.65. The van der Waals surface area contributed by atoms with E-state index in [0.29, 0.717) is 0 Å². The summed E-state index contributed by atoms with van der Waals surface area (Å²) in [5, 5.41) is 0. The Balaban J connectivity index is 0. The zero-order chi connectivity index (χ0) is 14.2. The summed E-state index contributed by atoms with van der Waals surface area (Å²) in [6.45, 7) is 13.7. The number of rotatable bonds is 4. The first kappa shape index (κ1) is 18.8. The Kier molecular flexibility index (Phi) is 16.1. The highest BCUT2D eigenvalue weighted by atomic mass is 14.0. The molecule has 0 saturated carbocycles. The molecule has 100 valence electrons. The van der Waals surface area contributed by atoms with E-state index in [4.69, 9.17) is 0 Å². The normalized spacial score (nSPS) is 9.94.